The molecule has 0 unspecified atom stereocenters. The molecule has 0 bridgehead atoms. The number of hydrogen-bond acceptors (Lipinski definition) is 8. The Morgan fingerprint density at radius 3 is 1.71 bits per heavy atom. The fourth-order valence-corrected chi connectivity index (χ4v) is 8.38. The molecular formula is C24H27BBr2N2O2S4. The summed E-state index contributed by atoms with van der Waals surface area (Å²) in [5, 5.41) is 4.28. The van der Waals surface area contributed by atoms with Gasteiger partial charge in [-0.3, -0.25) is 0 Å². The second kappa shape index (κ2) is 10.4. The van der Waals surface area contributed by atoms with Gasteiger partial charge in [-0.05, 0) is 116 Å². The molecule has 4 nitrogen and oxygen atoms in total. The Morgan fingerprint density at radius 2 is 1.29 bits per heavy atom. The summed E-state index contributed by atoms with van der Waals surface area (Å²) >= 11 is 13.9. The molecule has 0 radical (unpaired) electrons. The van der Waals surface area contributed by atoms with Gasteiger partial charge in [0, 0.05) is 4.78 Å². The third kappa shape index (κ3) is 5.72. The average Bonchev–Trinajstić information content (AvgIpc) is 3.53. The van der Waals surface area contributed by atoms with Gasteiger partial charge in [0.05, 0.1) is 39.9 Å². The first-order valence-electron chi connectivity index (χ1n) is 11.1. The van der Waals surface area contributed by atoms with Crippen molar-refractivity contribution in [3.05, 3.63) is 47.6 Å². The highest BCUT2D eigenvalue weighted by molar-refractivity contribution is 9.11. The van der Waals surface area contributed by atoms with Crippen LogP contribution in [0.1, 0.15) is 50.2 Å². The van der Waals surface area contributed by atoms with Crippen LogP contribution in [0.15, 0.2) is 25.1 Å². The van der Waals surface area contributed by atoms with Crippen LogP contribution < -0.4 is 4.78 Å². The van der Waals surface area contributed by atoms with Crippen molar-refractivity contribution >= 4 is 89.1 Å². The average molecular weight is 674 g/mol. The lowest BCUT2D eigenvalue weighted by Crippen LogP contribution is -2.41. The Balaban J connectivity index is 0.000000189. The zero-order valence-electron chi connectivity index (χ0n) is 20.9. The van der Waals surface area contributed by atoms with Gasteiger partial charge < -0.3 is 9.31 Å². The number of aryl methyl sites for hydroxylation is 4. The molecule has 0 aromatic carbocycles. The molecule has 4 aromatic heterocycles. The Kier molecular flexibility index (Phi) is 8.21. The van der Waals surface area contributed by atoms with Crippen molar-refractivity contribution in [3.8, 4) is 19.8 Å². The first-order chi connectivity index (χ1) is 16.3. The van der Waals surface area contributed by atoms with Crippen molar-refractivity contribution in [2.45, 2.75) is 66.6 Å². The van der Waals surface area contributed by atoms with Crippen molar-refractivity contribution in [3.63, 3.8) is 0 Å². The van der Waals surface area contributed by atoms with Gasteiger partial charge in [0.1, 0.15) is 10.0 Å². The molecule has 1 aliphatic rings. The van der Waals surface area contributed by atoms with Crippen LogP contribution in [0.25, 0.3) is 19.8 Å². The summed E-state index contributed by atoms with van der Waals surface area (Å²) in [5.41, 5.74) is 4.02. The standard InChI is InChI=1S/C15H19BBrNO2S2.C9H8BrNS2/c1-8-7-10(16-19-14(3,4)15(5,6)20-16)21-11(8)13-18-9(2)12(17)22-13;1-5-3-4-12-7(5)9-11-6(2)8(10)13-9/h7H,1-6H3;3-4H,1-2H3. The maximum absolute atomic E-state index is 6.15. The predicted octanol–water partition coefficient (Wildman–Crippen LogP) is 8.80. The lowest BCUT2D eigenvalue weighted by Gasteiger charge is -2.32. The molecular weight excluding hydrogens is 647 g/mol. The van der Waals surface area contributed by atoms with E-state index in [1.807, 2.05) is 13.8 Å². The summed E-state index contributed by atoms with van der Waals surface area (Å²) in [6.45, 7) is 16.6. The number of nitrogens with zero attached hydrogens (tertiary/aromatic N) is 2. The SMILES string of the molecule is Cc1cc(B2OC(C)(C)C(C)(C)O2)sc1-c1nc(C)c(Br)s1.Cc1ccsc1-c1nc(C)c(Br)s1. The van der Waals surface area contributed by atoms with Gasteiger partial charge in [-0.15, -0.1) is 45.3 Å². The van der Waals surface area contributed by atoms with E-state index in [9.17, 15) is 0 Å². The van der Waals surface area contributed by atoms with Crippen molar-refractivity contribution < 1.29 is 9.31 Å². The Bertz CT molecular complexity index is 1300. The van der Waals surface area contributed by atoms with E-state index in [0.717, 1.165) is 33.8 Å². The Hall–Kier alpha value is -0.395. The van der Waals surface area contributed by atoms with Gasteiger partial charge in [0.15, 0.2) is 0 Å². The second-order valence-corrected chi connectivity index (χ2v) is 16.1. The van der Waals surface area contributed by atoms with Crippen LogP contribution in [0, 0.1) is 27.7 Å². The number of rotatable bonds is 3. The Labute approximate surface area is 240 Å². The number of thiazole rings is 2. The van der Waals surface area contributed by atoms with Gasteiger partial charge in [0.2, 0.25) is 0 Å². The molecule has 4 aromatic rings. The summed E-state index contributed by atoms with van der Waals surface area (Å²) in [7, 11) is -0.299. The first kappa shape index (κ1) is 27.6. The third-order valence-electron chi connectivity index (χ3n) is 6.15. The quantitative estimate of drug-likeness (QED) is 0.204. The highest BCUT2D eigenvalue weighted by Gasteiger charge is 2.52. The first-order valence-corrected chi connectivity index (χ1v) is 16.0. The highest BCUT2D eigenvalue weighted by atomic mass is 79.9. The molecule has 0 atom stereocenters. The van der Waals surface area contributed by atoms with Crippen molar-refractivity contribution in [1.29, 1.82) is 0 Å². The predicted molar refractivity (Wildman–Crippen MR) is 161 cm³/mol. The normalized spacial score (nSPS) is 16.5. The van der Waals surface area contributed by atoms with E-state index in [-0.39, 0.29) is 18.3 Å². The molecule has 1 saturated heterocycles. The van der Waals surface area contributed by atoms with E-state index < -0.39 is 0 Å². The van der Waals surface area contributed by atoms with Crippen LogP contribution in [-0.4, -0.2) is 28.3 Å². The van der Waals surface area contributed by atoms with Crippen LogP contribution in [0.5, 0.6) is 0 Å². The fraction of sp³-hybridized carbons (Fsp3) is 0.417. The molecule has 0 aliphatic carbocycles. The van der Waals surface area contributed by atoms with E-state index in [0.29, 0.717) is 0 Å². The van der Waals surface area contributed by atoms with Crippen molar-refractivity contribution in [2.24, 2.45) is 0 Å². The molecule has 5 rings (SSSR count). The van der Waals surface area contributed by atoms with Crippen LogP contribution in [0.2, 0.25) is 0 Å². The second-order valence-electron chi connectivity index (χ2n) is 9.44. The third-order valence-corrected chi connectivity index (χ3v) is 12.7. The van der Waals surface area contributed by atoms with Crippen molar-refractivity contribution in [2.75, 3.05) is 0 Å². The summed E-state index contributed by atoms with van der Waals surface area (Å²) in [4.78, 5) is 11.6. The zero-order valence-corrected chi connectivity index (χ0v) is 27.3. The van der Waals surface area contributed by atoms with Crippen molar-refractivity contribution in [1.82, 2.24) is 9.97 Å². The smallest absolute Gasteiger partial charge is 0.399 e. The van der Waals surface area contributed by atoms with Gasteiger partial charge in [-0.25, -0.2) is 9.97 Å². The molecule has 0 N–H and O–H groups in total. The molecule has 0 saturated carbocycles. The largest absolute Gasteiger partial charge is 0.505 e. The minimum absolute atomic E-state index is 0.299. The summed E-state index contributed by atoms with van der Waals surface area (Å²) in [6, 6.07) is 4.29. The summed E-state index contributed by atoms with van der Waals surface area (Å²) < 4.78 is 15.6. The van der Waals surface area contributed by atoms with Gasteiger partial charge in [-0.2, -0.15) is 0 Å². The van der Waals surface area contributed by atoms with E-state index in [1.54, 1.807) is 45.3 Å². The summed E-state index contributed by atoms with van der Waals surface area (Å²) in [5.74, 6) is 0. The van der Waals surface area contributed by atoms with Crippen LogP contribution >= 0.6 is 77.2 Å². The zero-order chi connectivity index (χ0) is 25.7. The van der Waals surface area contributed by atoms with E-state index >= 15 is 0 Å². The molecule has 0 spiro atoms. The number of aromatic nitrogens is 2. The highest BCUT2D eigenvalue weighted by Crippen LogP contribution is 2.40. The fourth-order valence-electron chi connectivity index (χ4n) is 3.34. The van der Waals surface area contributed by atoms with Gasteiger partial charge in [-0.1, -0.05) is 0 Å². The maximum Gasteiger partial charge on any atom is 0.505 e. The molecule has 11 heteroatoms. The van der Waals surface area contributed by atoms with Crippen LogP contribution in [-0.2, 0) is 9.31 Å². The van der Waals surface area contributed by atoms with Crippen LogP contribution in [0.4, 0.5) is 0 Å². The maximum atomic E-state index is 6.15. The monoisotopic (exact) mass is 672 g/mol. The molecule has 1 fully saturated rings. The molecule has 5 heterocycles. The minimum atomic E-state index is -0.309. The lowest BCUT2D eigenvalue weighted by molar-refractivity contribution is 0.00578. The lowest BCUT2D eigenvalue weighted by atomic mass is 9.87. The van der Waals surface area contributed by atoms with Gasteiger partial charge >= 0.3 is 7.12 Å². The van der Waals surface area contributed by atoms with E-state index in [1.165, 1.54) is 20.9 Å². The number of thiophene rings is 2. The number of halogens is 2. The Morgan fingerprint density at radius 1 is 0.771 bits per heavy atom. The molecule has 1 aliphatic heterocycles. The van der Waals surface area contributed by atoms with E-state index in [4.69, 9.17) is 9.31 Å². The number of hydrogen-bond donors (Lipinski definition) is 0. The molecule has 186 valence electrons. The van der Waals surface area contributed by atoms with Crippen LogP contribution in [0.3, 0.4) is 0 Å². The molecule has 35 heavy (non-hydrogen) atoms. The molecule has 0 amide bonds. The minimum Gasteiger partial charge on any atom is -0.399 e. The summed E-state index contributed by atoms with van der Waals surface area (Å²) in [6.07, 6.45) is 0. The van der Waals surface area contributed by atoms with E-state index in [2.05, 4.69) is 101 Å². The van der Waals surface area contributed by atoms with Gasteiger partial charge in [0.25, 0.3) is 0 Å². The topological polar surface area (TPSA) is 44.2 Å².